The van der Waals surface area contributed by atoms with Gasteiger partial charge in [0.1, 0.15) is 5.75 Å². The van der Waals surface area contributed by atoms with Crippen LogP contribution in [0.15, 0.2) is 48.5 Å². The molecule has 2 rings (SSSR count). The van der Waals surface area contributed by atoms with Crippen LogP contribution in [0.4, 0.5) is 0 Å². The average Bonchev–Trinajstić information content (AvgIpc) is 2.59. The molecule has 3 nitrogen and oxygen atoms in total. The van der Waals surface area contributed by atoms with Gasteiger partial charge in [-0.3, -0.25) is 0 Å². The lowest BCUT2D eigenvalue weighted by atomic mass is 10.0. The highest BCUT2D eigenvalue weighted by Gasteiger charge is 2.06. The molecule has 0 aliphatic carbocycles. The van der Waals surface area contributed by atoms with Crippen molar-refractivity contribution in [2.45, 2.75) is 20.3 Å². The van der Waals surface area contributed by atoms with Crippen LogP contribution < -0.4 is 4.74 Å². The summed E-state index contributed by atoms with van der Waals surface area (Å²) in [6.45, 7) is 5.08. The van der Waals surface area contributed by atoms with Crippen molar-refractivity contribution in [2.75, 3.05) is 13.7 Å². The van der Waals surface area contributed by atoms with E-state index >= 15 is 0 Å². The molecule has 0 aliphatic heterocycles. The van der Waals surface area contributed by atoms with E-state index in [1.807, 2.05) is 36.4 Å². The summed E-state index contributed by atoms with van der Waals surface area (Å²) < 4.78 is 10.5. The highest BCUT2D eigenvalue weighted by Crippen LogP contribution is 2.23. The third-order valence-corrected chi connectivity index (χ3v) is 3.73. The number of methoxy groups -OCH3 is 1. The molecule has 0 saturated heterocycles. The maximum absolute atomic E-state index is 11.4. The number of rotatable bonds is 6. The van der Waals surface area contributed by atoms with E-state index in [-0.39, 0.29) is 5.97 Å². The van der Waals surface area contributed by atoms with E-state index in [4.69, 9.17) is 9.47 Å². The molecule has 0 aromatic heterocycles. The summed E-state index contributed by atoms with van der Waals surface area (Å²) in [7, 11) is 1.38. The minimum absolute atomic E-state index is 0.319. The molecule has 2 aromatic carbocycles. The molecule has 0 bridgehead atoms. The summed E-state index contributed by atoms with van der Waals surface area (Å²) in [6, 6.07) is 15.4. The largest absolute Gasteiger partial charge is 0.493 e. The van der Waals surface area contributed by atoms with Gasteiger partial charge in [-0.2, -0.15) is 0 Å². The molecule has 0 amide bonds. The van der Waals surface area contributed by atoms with Crippen LogP contribution >= 0.6 is 0 Å². The van der Waals surface area contributed by atoms with Crippen LogP contribution in [-0.4, -0.2) is 19.7 Å². The van der Waals surface area contributed by atoms with E-state index < -0.39 is 0 Å². The molecule has 2 aromatic rings. The zero-order valence-electron chi connectivity index (χ0n) is 13.3. The Morgan fingerprint density at radius 1 is 1.00 bits per heavy atom. The quantitative estimate of drug-likeness (QED) is 0.733. The minimum Gasteiger partial charge on any atom is -0.493 e. The Morgan fingerprint density at radius 2 is 1.55 bits per heavy atom. The smallest absolute Gasteiger partial charge is 0.337 e. The van der Waals surface area contributed by atoms with Crippen molar-refractivity contribution in [3.8, 4) is 16.9 Å². The Morgan fingerprint density at radius 3 is 2.05 bits per heavy atom. The molecule has 0 spiro atoms. The first kappa shape index (κ1) is 16.1. The Kier molecular flexibility index (Phi) is 5.59. The van der Waals surface area contributed by atoms with Gasteiger partial charge in [-0.1, -0.05) is 44.5 Å². The minimum atomic E-state index is -0.319. The molecule has 0 fully saturated rings. The zero-order valence-corrected chi connectivity index (χ0v) is 13.3. The molecule has 0 radical (unpaired) electrons. The summed E-state index contributed by atoms with van der Waals surface area (Å²) in [5.41, 5.74) is 2.70. The van der Waals surface area contributed by atoms with Crippen molar-refractivity contribution < 1.29 is 14.3 Å². The Hall–Kier alpha value is -2.29. The number of hydrogen-bond acceptors (Lipinski definition) is 3. The van der Waals surface area contributed by atoms with Crippen molar-refractivity contribution in [3.05, 3.63) is 54.1 Å². The summed E-state index contributed by atoms with van der Waals surface area (Å²) in [5.74, 6) is 1.13. The molecule has 1 unspecified atom stereocenters. The predicted octanol–water partition coefficient (Wildman–Crippen LogP) is 4.57. The Labute approximate surface area is 131 Å². The van der Waals surface area contributed by atoms with Crippen LogP contribution in [0.1, 0.15) is 30.6 Å². The third kappa shape index (κ3) is 4.10. The zero-order chi connectivity index (χ0) is 15.9. The fraction of sp³-hybridized carbons (Fsp3) is 0.316. The predicted molar refractivity (Wildman–Crippen MR) is 88.2 cm³/mol. The normalized spacial score (nSPS) is 11.8. The number of carbonyl (C=O) groups excluding carboxylic acids is 1. The van der Waals surface area contributed by atoms with E-state index in [1.165, 1.54) is 7.11 Å². The molecule has 22 heavy (non-hydrogen) atoms. The molecule has 0 aliphatic rings. The van der Waals surface area contributed by atoms with E-state index in [9.17, 15) is 4.79 Å². The first-order valence-electron chi connectivity index (χ1n) is 7.55. The first-order chi connectivity index (χ1) is 10.6. The molecule has 0 saturated carbocycles. The summed E-state index contributed by atoms with van der Waals surface area (Å²) in [6.07, 6.45) is 1.12. The van der Waals surface area contributed by atoms with Gasteiger partial charge < -0.3 is 9.47 Å². The molecule has 3 heteroatoms. The summed E-state index contributed by atoms with van der Waals surface area (Å²) in [4.78, 5) is 11.4. The topological polar surface area (TPSA) is 35.5 Å². The number of esters is 1. The van der Waals surface area contributed by atoms with Crippen molar-refractivity contribution in [1.82, 2.24) is 0 Å². The third-order valence-electron chi connectivity index (χ3n) is 3.73. The van der Waals surface area contributed by atoms with Gasteiger partial charge in [0.2, 0.25) is 0 Å². The summed E-state index contributed by atoms with van der Waals surface area (Å²) >= 11 is 0. The Bertz CT molecular complexity index is 600. The van der Waals surface area contributed by atoms with Crippen LogP contribution in [-0.2, 0) is 4.74 Å². The van der Waals surface area contributed by atoms with Crippen molar-refractivity contribution >= 4 is 5.97 Å². The van der Waals surface area contributed by atoms with Crippen molar-refractivity contribution in [3.63, 3.8) is 0 Å². The number of hydrogen-bond donors (Lipinski definition) is 0. The number of carbonyl (C=O) groups is 1. The highest BCUT2D eigenvalue weighted by molar-refractivity contribution is 5.89. The van der Waals surface area contributed by atoms with E-state index in [2.05, 4.69) is 13.8 Å². The van der Waals surface area contributed by atoms with Gasteiger partial charge in [0.25, 0.3) is 0 Å². The van der Waals surface area contributed by atoms with Gasteiger partial charge in [0.15, 0.2) is 0 Å². The van der Waals surface area contributed by atoms with Crippen molar-refractivity contribution in [1.29, 1.82) is 0 Å². The molecule has 1 atom stereocenters. The molecular weight excluding hydrogens is 276 g/mol. The second-order valence-electron chi connectivity index (χ2n) is 5.42. The van der Waals surface area contributed by atoms with E-state index in [1.54, 1.807) is 12.1 Å². The highest BCUT2D eigenvalue weighted by atomic mass is 16.5. The van der Waals surface area contributed by atoms with Gasteiger partial charge in [-0.05, 0) is 41.3 Å². The van der Waals surface area contributed by atoms with E-state index in [0.29, 0.717) is 11.5 Å². The average molecular weight is 298 g/mol. The molecule has 0 heterocycles. The molecular formula is C19H22O3. The lowest BCUT2D eigenvalue weighted by molar-refractivity contribution is 0.0601. The second kappa shape index (κ2) is 7.64. The van der Waals surface area contributed by atoms with E-state index in [0.717, 1.165) is 29.9 Å². The standard InChI is InChI=1S/C19H22O3/c1-4-14(2)13-22-18-11-9-16(10-12-18)15-5-7-17(8-6-15)19(20)21-3/h5-12,14H,4,13H2,1-3H3. The van der Waals surface area contributed by atoms with Crippen LogP contribution in [0.2, 0.25) is 0 Å². The van der Waals surface area contributed by atoms with Gasteiger partial charge in [0.05, 0.1) is 19.3 Å². The van der Waals surface area contributed by atoms with Gasteiger partial charge in [0, 0.05) is 0 Å². The van der Waals surface area contributed by atoms with Crippen molar-refractivity contribution in [2.24, 2.45) is 5.92 Å². The molecule has 0 N–H and O–H groups in total. The van der Waals surface area contributed by atoms with Crippen LogP contribution in [0.5, 0.6) is 5.75 Å². The SMILES string of the molecule is CCC(C)COc1ccc(-c2ccc(C(=O)OC)cc2)cc1. The number of ether oxygens (including phenoxy) is 2. The lowest BCUT2D eigenvalue weighted by Crippen LogP contribution is -2.06. The van der Waals surface area contributed by atoms with Gasteiger partial charge >= 0.3 is 5.97 Å². The fourth-order valence-electron chi connectivity index (χ4n) is 2.02. The first-order valence-corrected chi connectivity index (χ1v) is 7.55. The summed E-state index contributed by atoms with van der Waals surface area (Å²) in [5, 5.41) is 0. The Balaban J connectivity index is 2.05. The second-order valence-corrected chi connectivity index (χ2v) is 5.42. The van der Waals surface area contributed by atoms with Gasteiger partial charge in [-0.15, -0.1) is 0 Å². The molecule has 116 valence electrons. The van der Waals surface area contributed by atoms with Gasteiger partial charge in [-0.25, -0.2) is 4.79 Å². The van der Waals surface area contributed by atoms with Crippen LogP contribution in [0, 0.1) is 5.92 Å². The lowest BCUT2D eigenvalue weighted by Gasteiger charge is -2.11. The maximum atomic E-state index is 11.4. The number of benzene rings is 2. The van der Waals surface area contributed by atoms with Crippen LogP contribution in [0.3, 0.4) is 0 Å². The fourth-order valence-corrected chi connectivity index (χ4v) is 2.02. The maximum Gasteiger partial charge on any atom is 0.337 e. The van der Waals surface area contributed by atoms with Crippen LogP contribution in [0.25, 0.3) is 11.1 Å². The monoisotopic (exact) mass is 298 g/mol.